The fourth-order valence-electron chi connectivity index (χ4n) is 4.18. The molecule has 0 saturated carbocycles. The van der Waals surface area contributed by atoms with Crippen molar-refractivity contribution in [3.8, 4) is 0 Å². The van der Waals surface area contributed by atoms with Gasteiger partial charge in [0.1, 0.15) is 0 Å². The molecule has 0 radical (unpaired) electrons. The first-order chi connectivity index (χ1) is 16.6. The van der Waals surface area contributed by atoms with Crippen LogP contribution in [0.5, 0.6) is 0 Å². The maximum absolute atomic E-state index is 12.4. The Kier molecular flexibility index (Phi) is 7.88. The van der Waals surface area contributed by atoms with Gasteiger partial charge < -0.3 is 16.0 Å². The van der Waals surface area contributed by atoms with E-state index in [1.807, 2.05) is 66.7 Å². The van der Waals surface area contributed by atoms with Gasteiger partial charge in [-0.05, 0) is 47.9 Å². The number of fused-ring (bicyclic) bond motifs is 1. The van der Waals surface area contributed by atoms with Crippen LogP contribution in [0.4, 0.5) is 5.69 Å². The van der Waals surface area contributed by atoms with Crippen LogP contribution in [0.15, 0.2) is 72.8 Å². The van der Waals surface area contributed by atoms with Crippen LogP contribution in [0.2, 0.25) is 0 Å². The molecule has 3 N–H and O–H groups in total. The fraction of sp³-hybridized carbons (Fsp3) is 0.296. The average Bonchev–Trinajstić information content (AvgIpc) is 2.85. The van der Waals surface area contributed by atoms with Gasteiger partial charge in [-0.25, -0.2) is 0 Å². The number of carbonyl (C=O) groups excluding carboxylic acids is 3. The molecule has 176 valence electrons. The Morgan fingerprint density at radius 3 is 2.29 bits per heavy atom. The summed E-state index contributed by atoms with van der Waals surface area (Å²) in [5.74, 6) is -0.282. The summed E-state index contributed by atoms with van der Waals surface area (Å²) >= 11 is 0. The third-order valence-corrected chi connectivity index (χ3v) is 6.03. The topological polar surface area (TPSA) is 90.5 Å². The van der Waals surface area contributed by atoms with E-state index >= 15 is 0 Å². The molecule has 7 heteroatoms. The molecule has 0 unspecified atom stereocenters. The van der Waals surface area contributed by atoms with Gasteiger partial charge in [0.15, 0.2) is 0 Å². The first kappa shape index (κ1) is 23.4. The highest BCUT2D eigenvalue weighted by Gasteiger charge is 2.22. The minimum absolute atomic E-state index is 0.0316. The molecule has 1 aliphatic heterocycles. The summed E-state index contributed by atoms with van der Waals surface area (Å²) in [7, 11) is 0. The quantitative estimate of drug-likeness (QED) is 0.484. The summed E-state index contributed by atoms with van der Waals surface area (Å²) in [6.45, 7) is 2.14. The maximum Gasteiger partial charge on any atom is 0.251 e. The van der Waals surface area contributed by atoms with E-state index in [4.69, 9.17) is 0 Å². The monoisotopic (exact) mass is 458 g/mol. The third-order valence-electron chi connectivity index (χ3n) is 6.03. The van der Waals surface area contributed by atoms with Crippen LogP contribution in [-0.4, -0.2) is 54.8 Å². The Labute approximate surface area is 199 Å². The zero-order valence-electron chi connectivity index (χ0n) is 19.1. The molecule has 1 heterocycles. The Morgan fingerprint density at radius 2 is 1.53 bits per heavy atom. The normalized spacial score (nSPS) is 14.5. The smallest absolute Gasteiger partial charge is 0.251 e. The molecule has 0 atom stereocenters. The van der Waals surface area contributed by atoms with Crippen molar-refractivity contribution in [2.24, 2.45) is 0 Å². The van der Waals surface area contributed by atoms with Crippen molar-refractivity contribution in [2.75, 3.05) is 31.5 Å². The highest BCUT2D eigenvalue weighted by Crippen LogP contribution is 2.15. The molecule has 34 heavy (non-hydrogen) atoms. The second-order valence-electron chi connectivity index (χ2n) is 8.60. The number of carbonyl (C=O) groups is 3. The van der Waals surface area contributed by atoms with Crippen LogP contribution in [-0.2, 0) is 9.59 Å². The van der Waals surface area contributed by atoms with Gasteiger partial charge >= 0.3 is 0 Å². The van der Waals surface area contributed by atoms with Crippen LogP contribution >= 0.6 is 0 Å². The van der Waals surface area contributed by atoms with E-state index in [2.05, 4.69) is 20.9 Å². The molecule has 4 rings (SSSR count). The molecular weight excluding hydrogens is 428 g/mol. The van der Waals surface area contributed by atoms with E-state index in [1.54, 1.807) is 6.07 Å². The van der Waals surface area contributed by atoms with Crippen LogP contribution in [0, 0.1) is 0 Å². The Hall–Kier alpha value is -3.71. The summed E-state index contributed by atoms with van der Waals surface area (Å²) in [6.07, 6.45) is 1.83. The molecule has 7 nitrogen and oxygen atoms in total. The highest BCUT2D eigenvalue weighted by molar-refractivity contribution is 5.98. The minimum Gasteiger partial charge on any atom is -0.353 e. The summed E-state index contributed by atoms with van der Waals surface area (Å²) in [5.41, 5.74) is 1.38. The number of para-hydroxylation sites is 1. The Morgan fingerprint density at radius 1 is 0.824 bits per heavy atom. The Bertz CT molecular complexity index is 1140. The fourth-order valence-corrected chi connectivity index (χ4v) is 4.18. The number of likely N-dealkylation sites (tertiary alicyclic amines) is 1. The number of anilines is 1. The first-order valence-corrected chi connectivity index (χ1v) is 11.7. The number of nitrogens with one attached hydrogen (secondary N) is 3. The number of hydrogen-bond acceptors (Lipinski definition) is 4. The van der Waals surface area contributed by atoms with Crippen molar-refractivity contribution in [1.29, 1.82) is 0 Å². The van der Waals surface area contributed by atoms with Crippen LogP contribution < -0.4 is 16.0 Å². The lowest BCUT2D eigenvalue weighted by molar-refractivity contribution is -0.122. The minimum atomic E-state index is -0.180. The van der Waals surface area contributed by atoms with Crippen molar-refractivity contribution in [2.45, 2.75) is 25.3 Å². The molecule has 3 aromatic rings. The molecule has 0 bridgehead atoms. The molecule has 1 fully saturated rings. The third kappa shape index (κ3) is 6.65. The lowest BCUT2D eigenvalue weighted by Gasteiger charge is -2.31. The summed E-state index contributed by atoms with van der Waals surface area (Å²) in [4.78, 5) is 39.1. The van der Waals surface area contributed by atoms with E-state index in [1.165, 1.54) is 0 Å². The van der Waals surface area contributed by atoms with E-state index in [0.717, 1.165) is 42.4 Å². The second-order valence-corrected chi connectivity index (χ2v) is 8.60. The molecule has 1 saturated heterocycles. The van der Waals surface area contributed by atoms with E-state index in [0.29, 0.717) is 12.1 Å². The number of amides is 3. The van der Waals surface area contributed by atoms with Gasteiger partial charge in [0, 0.05) is 43.3 Å². The average molecular weight is 459 g/mol. The van der Waals surface area contributed by atoms with Crippen LogP contribution in [0.3, 0.4) is 0 Å². The van der Waals surface area contributed by atoms with E-state index in [9.17, 15) is 14.4 Å². The van der Waals surface area contributed by atoms with Gasteiger partial charge in [-0.15, -0.1) is 0 Å². The standard InChI is InChI=1S/C27H30N4O3/c32-25(12-15-28-27(34)22-11-10-20-6-4-5-7-21(20)18-22)29-24-13-16-31(17-14-24)19-26(33)30-23-8-2-1-3-9-23/h1-11,18,24H,12-17,19H2,(H,28,34)(H,29,32)(H,30,33). The predicted molar refractivity (Wildman–Crippen MR) is 134 cm³/mol. The second kappa shape index (κ2) is 11.4. The Balaban J connectivity index is 1.13. The molecule has 3 aromatic carbocycles. The predicted octanol–water partition coefficient (Wildman–Crippen LogP) is 3.18. The van der Waals surface area contributed by atoms with Gasteiger partial charge in [-0.2, -0.15) is 0 Å². The van der Waals surface area contributed by atoms with Crippen LogP contribution in [0.1, 0.15) is 29.6 Å². The maximum atomic E-state index is 12.4. The number of piperidine rings is 1. The largest absolute Gasteiger partial charge is 0.353 e. The molecule has 3 amide bonds. The summed E-state index contributed by atoms with van der Waals surface area (Å²) in [5, 5.41) is 10.9. The highest BCUT2D eigenvalue weighted by atomic mass is 16.2. The van der Waals surface area contributed by atoms with E-state index in [-0.39, 0.29) is 36.7 Å². The van der Waals surface area contributed by atoms with Crippen molar-refractivity contribution in [1.82, 2.24) is 15.5 Å². The van der Waals surface area contributed by atoms with Gasteiger partial charge in [0.25, 0.3) is 5.91 Å². The van der Waals surface area contributed by atoms with Gasteiger partial charge in [0.2, 0.25) is 11.8 Å². The van der Waals surface area contributed by atoms with Gasteiger partial charge in [-0.1, -0.05) is 48.5 Å². The zero-order valence-corrected chi connectivity index (χ0v) is 19.1. The molecule has 1 aliphatic rings. The number of rotatable bonds is 8. The lowest BCUT2D eigenvalue weighted by Crippen LogP contribution is -2.47. The SMILES string of the molecule is O=C(CN1CCC(NC(=O)CCNC(=O)c2ccc3ccccc3c2)CC1)Nc1ccccc1. The van der Waals surface area contributed by atoms with E-state index < -0.39 is 0 Å². The molecule has 0 aliphatic carbocycles. The van der Waals surface area contributed by atoms with Gasteiger partial charge in [0.05, 0.1) is 6.54 Å². The molecular formula is C27H30N4O3. The zero-order chi connectivity index (χ0) is 23.8. The lowest BCUT2D eigenvalue weighted by atomic mass is 10.0. The molecule has 0 spiro atoms. The van der Waals surface area contributed by atoms with Crippen molar-refractivity contribution in [3.05, 3.63) is 78.4 Å². The van der Waals surface area contributed by atoms with Crippen molar-refractivity contribution >= 4 is 34.2 Å². The number of benzene rings is 3. The number of hydrogen-bond donors (Lipinski definition) is 3. The first-order valence-electron chi connectivity index (χ1n) is 11.7. The number of nitrogens with zero attached hydrogens (tertiary/aromatic N) is 1. The van der Waals surface area contributed by atoms with Crippen LogP contribution in [0.25, 0.3) is 10.8 Å². The molecule has 0 aromatic heterocycles. The summed E-state index contributed by atoms with van der Waals surface area (Å²) in [6, 6.07) is 23.0. The van der Waals surface area contributed by atoms with Gasteiger partial charge in [-0.3, -0.25) is 19.3 Å². The van der Waals surface area contributed by atoms with Crippen molar-refractivity contribution < 1.29 is 14.4 Å². The van der Waals surface area contributed by atoms with Crippen molar-refractivity contribution in [3.63, 3.8) is 0 Å². The summed E-state index contributed by atoms with van der Waals surface area (Å²) < 4.78 is 0.